The largest absolute Gasteiger partial charge is 0.545 e. The number of hydrogen-bond acceptors (Lipinski definition) is 6. The maximum Gasteiger partial charge on any atom is 0.335 e. The smallest absolute Gasteiger partial charge is 0.335 e. The quantitative estimate of drug-likeness (QED) is 0.438. The molecule has 0 atom stereocenters. The van der Waals surface area contributed by atoms with Crippen LogP contribution in [0.3, 0.4) is 0 Å². The van der Waals surface area contributed by atoms with Gasteiger partial charge in [-0.25, -0.2) is 9.69 Å². The lowest BCUT2D eigenvalue weighted by Gasteiger charge is -2.27. The summed E-state index contributed by atoms with van der Waals surface area (Å²) in [6.07, 6.45) is 1.38. The number of carbonyl (C=O) groups excluding carboxylic acids is 4. The van der Waals surface area contributed by atoms with Gasteiger partial charge in [0.15, 0.2) is 0 Å². The molecule has 0 radical (unpaired) electrons. The lowest BCUT2D eigenvalue weighted by atomic mass is 10.0. The average Bonchev–Trinajstić information content (AvgIpc) is 2.83. The number of benzene rings is 3. The van der Waals surface area contributed by atoms with Gasteiger partial charge in [0, 0.05) is 5.56 Å². The Kier molecular flexibility index (Phi) is 6.46. The molecule has 1 saturated heterocycles. The van der Waals surface area contributed by atoms with E-state index in [9.17, 15) is 24.3 Å². The predicted molar refractivity (Wildman–Crippen MR) is 126 cm³/mol. The molecule has 0 aromatic heterocycles. The number of aromatic carboxylic acids is 1. The van der Waals surface area contributed by atoms with Gasteiger partial charge in [-0.1, -0.05) is 48.5 Å². The van der Waals surface area contributed by atoms with Gasteiger partial charge in [-0.15, -0.1) is 0 Å². The number of nitrogens with one attached hydrogen (secondary N) is 1. The normalized spacial score (nSPS) is 14.7. The third kappa shape index (κ3) is 4.96. The number of carboxylic acid groups (broad SMARTS) is 1. The summed E-state index contributed by atoms with van der Waals surface area (Å²) in [7, 11) is 0. The number of anilines is 1. The zero-order valence-corrected chi connectivity index (χ0v) is 19.0. The highest BCUT2D eigenvalue weighted by atomic mass is 16.5. The highest BCUT2D eigenvalue weighted by Crippen LogP contribution is 2.27. The van der Waals surface area contributed by atoms with Crippen molar-refractivity contribution in [3.8, 4) is 5.75 Å². The minimum atomic E-state index is -1.27. The van der Waals surface area contributed by atoms with E-state index in [0.29, 0.717) is 17.0 Å². The lowest BCUT2D eigenvalue weighted by molar-refractivity contribution is -0.255. The number of urea groups is 1. The Labute approximate surface area is 201 Å². The van der Waals surface area contributed by atoms with E-state index in [2.05, 4.69) is 5.32 Å². The molecule has 8 heteroatoms. The molecule has 176 valence electrons. The molecule has 1 aliphatic heterocycles. The van der Waals surface area contributed by atoms with Crippen molar-refractivity contribution in [2.24, 2.45) is 0 Å². The first-order valence-corrected chi connectivity index (χ1v) is 10.8. The average molecular weight is 469 g/mol. The zero-order valence-electron chi connectivity index (χ0n) is 19.0. The van der Waals surface area contributed by atoms with Crippen molar-refractivity contribution < 1.29 is 29.0 Å². The number of amides is 4. The summed E-state index contributed by atoms with van der Waals surface area (Å²) >= 11 is 0. The van der Waals surface area contributed by atoms with E-state index >= 15 is 0 Å². The van der Waals surface area contributed by atoms with Crippen molar-refractivity contribution in [3.63, 3.8) is 0 Å². The van der Waals surface area contributed by atoms with E-state index in [1.165, 1.54) is 18.2 Å². The van der Waals surface area contributed by atoms with Gasteiger partial charge in [-0.2, -0.15) is 0 Å². The molecular formula is C27H21N2O6-. The Hall–Kier alpha value is -4.72. The van der Waals surface area contributed by atoms with Crippen LogP contribution in [0, 0.1) is 13.8 Å². The van der Waals surface area contributed by atoms with E-state index < -0.39 is 23.8 Å². The van der Waals surface area contributed by atoms with Crippen LogP contribution in [-0.2, 0) is 16.2 Å². The van der Waals surface area contributed by atoms with Crippen LogP contribution in [0.2, 0.25) is 0 Å². The van der Waals surface area contributed by atoms with Crippen molar-refractivity contribution >= 4 is 35.6 Å². The Morgan fingerprint density at radius 3 is 2.37 bits per heavy atom. The van der Waals surface area contributed by atoms with Gasteiger partial charge in [0.2, 0.25) is 0 Å². The van der Waals surface area contributed by atoms with Gasteiger partial charge >= 0.3 is 6.03 Å². The molecule has 1 fully saturated rings. The second kappa shape index (κ2) is 9.64. The third-order valence-electron chi connectivity index (χ3n) is 5.65. The number of aryl methyl sites for hydroxylation is 2. The van der Waals surface area contributed by atoms with Gasteiger partial charge in [-0.05, 0) is 60.4 Å². The molecule has 4 rings (SSSR count). The number of imide groups is 2. The van der Waals surface area contributed by atoms with Crippen LogP contribution in [0.1, 0.15) is 32.6 Å². The van der Waals surface area contributed by atoms with Crippen LogP contribution in [0.15, 0.2) is 72.3 Å². The topological polar surface area (TPSA) is 116 Å². The summed E-state index contributed by atoms with van der Waals surface area (Å²) in [6, 6.07) is 17.2. The van der Waals surface area contributed by atoms with E-state index in [4.69, 9.17) is 4.74 Å². The highest BCUT2D eigenvalue weighted by Gasteiger charge is 2.37. The summed E-state index contributed by atoms with van der Waals surface area (Å²) in [6.45, 7) is 3.91. The Morgan fingerprint density at radius 1 is 0.971 bits per heavy atom. The molecule has 8 nitrogen and oxygen atoms in total. The van der Waals surface area contributed by atoms with E-state index in [-0.39, 0.29) is 17.7 Å². The summed E-state index contributed by atoms with van der Waals surface area (Å²) < 4.78 is 5.87. The molecule has 3 aromatic rings. The molecule has 0 unspecified atom stereocenters. The monoisotopic (exact) mass is 469 g/mol. The maximum atomic E-state index is 13.2. The minimum absolute atomic E-state index is 0.0589. The second-order valence-electron chi connectivity index (χ2n) is 8.04. The second-order valence-corrected chi connectivity index (χ2v) is 8.04. The van der Waals surface area contributed by atoms with Gasteiger partial charge in [-0.3, -0.25) is 14.9 Å². The van der Waals surface area contributed by atoms with Crippen LogP contribution in [-0.4, -0.2) is 23.8 Å². The number of carbonyl (C=O) groups is 4. The number of carboxylic acids is 1. The van der Waals surface area contributed by atoms with Gasteiger partial charge in [0.1, 0.15) is 17.9 Å². The minimum Gasteiger partial charge on any atom is -0.545 e. The molecule has 3 aromatic carbocycles. The third-order valence-corrected chi connectivity index (χ3v) is 5.65. The number of ether oxygens (including phenoxy) is 1. The number of para-hydroxylation sites is 1. The summed E-state index contributed by atoms with van der Waals surface area (Å²) in [5, 5.41) is 13.1. The van der Waals surface area contributed by atoms with Crippen LogP contribution >= 0.6 is 0 Å². The fourth-order valence-electron chi connectivity index (χ4n) is 3.54. The lowest BCUT2D eigenvalue weighted by Crippen LogP contribution is -2.54. The first kappa shape index (κ1) is 23.4. The molecule has 0 aliphatic carbocycles. The molecule has 1 heterocycles. The van der Waals surface area contributed by atoms with Crippen molar-refractivity contribution in [1.29, 1.82) is 0 Å². The van der Waals surface area contributed by atoms with Crippen molar-refractivity contribution in [1.82, 2.24) is 5.32 Å². The number of nitrogens with zero attached hydrogens (tertiary/aromatic N) is 1. The van der Waals surface area contributed by atoms with E-state index in [0.717, 1.165) is 21.6 Å². The molecule has 1 N–H and O–H groups in total. The van der Waals surface area contributed by atoms with Gasteiger partial charge in [0.05, 0.1) is 11.7 Å². The molecular weight excluding hydrogens is 448 g/mol. The van der Waals surface area contributed by atoms with Crippen molar-refractivity contribution in [2.75, 3.05) is 4.90 Å². The molecule has 4 amide bonds. The standard InChI is InChI=1S/C27H22N2O6/c1-16-7-12-21(13-17(16)2)29-25(31)22(24(30)28-27(29)34)14-20-5-3-4-6-23(20)35-15-18-8-10-19(11-9-18)26(32)33/h3-14H,15H2,1-2H3,(H,32,33)(H,28,30,34)/p-1/b22-14+. The molecule has 0 spiro atoms. The Balaban J connectivity index is 1.61. The zero-order chi connectivity index (χ0) is 25.1. The summed E-state index contributed by atoms with van der Waals surface area (Å²) in [4.78, 5) is 50.1. The van der Waals surface area contributed by atoms with Gasteiger partial charge in [0.25, 0.3) is 11.8 Å². The van der Waals surface area contributed by atoms with Crippen molar-refractivity contribution in [3.05, 3.63) is 100 Å². The van der Waals surface area contributed by atoms with Crippen LogP contribution in [0.25, 0.3) is 6.08 Å². The fraction of sp³-hybridized carbons (Fsp3) is 0.111. The number of rotatable bonds is 6. The number of barbiturate groups is 1. The summed E-state index contributed by atoms with van der Waals surface area (Å²) in [5.41, 5.74) is 3.30. The number of hydrogen-bond donors (Lipinski definition) is 1. The van der Waals surface area contributed by atoms with E-state index in [1.807, 2.05) is 13.8 Å². The highest BCUT2D eigenvalue weighted by molar-refractivity contribution is 6.39. The van der Waals surface area contributed by atoms with E-state index in [1.54, 1.807) is 54.6 Å². The molecule has 35 heavy (non-hydrogen) atoms. The first-order chi connectivity index (χ1) is 16.7. The van der Waals surface area contributed by atoms with Crippen LogP contribution in [0.4, 0.5) is 10.5 Å². The Morgan fingerprint density at radius 2 is 1.69 bits per heavy atom. The van der Waals surface area contributed by atoms with Gasteiger partial charge < -0.3 is 14.6 Å². The first-order valence-electron chi connectivity index (χ1n) is 10.8. The van der Waals surface area contributed by atoms with Crippen LogP contribution in [0.5, 0.6) is 5.75 Å². The molecule has 0 bridgehead atoms. The SMILES string of the molecule is Cc1ccc(N2C(=O)NC(=O)/C(=C\c3ccccc3OCc3ccc(C(=O)[O-])cc3)C2=O)cc1C. The van der Waals surface area contributed by atoms with Crippen LogP contribution < -0.4 is 20.1 Å². The molecule has 1 aliphatic rings. The predicted octanol–water partition coefficient (Wildman–Crippen LogP) is 2.91. The van der Waals surface area contributed by atoms with Crippen molar-refractivity contribution in [2.45, 2.75) is 20.5 Å². The molecule has 0 saturated carbocycles. The fourth-order valence-corrected chi connectivity index (χ4v) is 3.54. The maximum absolute atomic E-state index is 13.2. The Bertz CT molecular complexity index is 1370. The summed E-state index contributed by atoms with van der Waals surface area (Å²) in [5.74, 6) is -2.40.